The molecule has 1 saturated heterocycles. The fraction of sp³-hybridized carbons (Fsp3) is 0.348. The number of rotatable bonds is 8. The van der Waals surface area contributed by atoms with Gasteiger partial charge < -0.3 is 9.64 Å². The van der Waals surface area contributed by atoms with E-state index < -0.39 is 27.8 Å². The Morgan fingerprint density at radius 3 is 2.71 bits per heavy atom. The van der Waals surface area contributed by atoms with Gasteiger partial charge in [-0.1, -0.05) is 23.6 Å². The summed E-state index contributed by atoms with van der Waals surface area (Å²) >= 11 is 7.17. The summed E-state index contributed by atoms with van der Waals surface area (Å²) < 4.78 is 32.5. The van der Waals surface area contributed by atoms with Gasteiger partial charge in [0.25, 0.3) is 0 Å². The molecular weight excluding hydrogens is 498 g/mol. The maximum absolute atomic E-state index is 12.4. The molecule has 0 saturated carbocycles. The molecule has 1 aliphatic rings. The third kappa shape index (κ3) is 6.38. The number of aryl methyl sites for hydroxylation is 1. The molecule has 0 radical (unpaired) electrons. The molecule has 0 atom stereocenters. The molecule has 8 nitrogen and oxygen atoms in total. The van der Waals surface area contributed by atoms with Gasteiger partial charge in [-0.3, -0.25) is 9.52 Å². The Hall–Kier alpha value is -2.87. The number of sulfonamides is 1. The second kappa shape index (κ2) is 10.6. The molecule has 180 valence electrons. The zero-order valence-corrected chi connectivity index (χ0v) is 21.3. The molecule has 1 N–H and O–H groups in total. The Bertz CT molecular complexity index is 1270. The largest absolute Gasteiger partial charge is 0.459 e. The van der Waals surface area contributed by atoms with Gasteiger partial charge in [-0.05, 0) is 45.0 Å². The lowest BCUT2D eigenvalue weighted by molar-refractivity contribution is -0.123. The molecule has 0 aliphatic carbocycles. The van der Waals surface area contributed by atoms with Crippen molar-refractivity contribution in [2.75, 3.05) is 23.7 Å². The molecule has 0 spiro atoms. The van der Waals surface area contributed by atoms with E-state index in [1.807, 2.05) is 0 Å². The van der Waals surface area contributed by atoms with Gasteiger partial charge in [0, 0.05) is 18.0 Å². The van der Waals surface area contributed by atoms with Crippen LogP contribution in [0.1, 0.15) is 40.3 Å². The highest BCUT2D eigenvalue weighted by Crippen LogP contribution is 2.28. The minimum Gasteiger partial charge on any atom is -0.459 e. The van der Waals surface area contributed by atoms with Crippen LogP contribution >= 0.6 is 22.9 Å². The minimum atomic E-state index is -3.82. The molecule has 1 aliphatic heterocycles. The number of terminal acetylenes is 1. The second-order valence-corrected chi connectivity index (χ2v) is 11.5. The average Bonchev–Trinajstić information content (AvgIpc) is 3.10. The summed E-state index contributed by atoms with van der Waals surface area (Å²) in [5.41, 5.74) is 1.13. The molecule has 0 aromatic carbocycles. The van der Waals surface area contributed by atoms with Gasteiger partial charge in [-0.15, -0.1) is 17.8 Å². The fourth-order valence-corrected chi connectivity index (χ4v) is 5.13. The van der Waals surface area contributed by atoms with Crippen molar-refractivity contribution in [3.05, 3.63) is 50.3 Å². The number of halogens is 1. The smallest absolute Gasteiger partial charge is 0.340 e. The number of pyridine rings is 1. The predicted octanol–water partition coefficient (Wildman–Crippen LogP) is 3.25. The maximum atomic E-state index is 12.4. The molecule has 0 unspecified atom stereocenters. The van der Waals surface area contributed by atoms with Gasteiger partial charge in [0.2, 0.25) is 15.9 Å². The average molecular weight is 522 g/mol. The monoisotopic (exact) mass is 521 g/mol. The van der Waals surface area contributed by atoms with E-state index in [-0.39, 0.29) is 30.5 Å². The lowest BCUT2D eigenvalue weighted by Gasteiger charge is -2.39. The van der Waals surface area contributed by atoms with Crippen LogP contribution in [0.4, 0.5) is 5.82 Å². The van der Waals surface area contributed by atoms with Crippen LogP contribution in [0.2, 0.25) is 4.34 Å². The fourth-order valence-electron chi connectivity index (χ4n) is 3.23. The summed E-state index contributed by atoms with van der Waals surface area (Å²) in [6.07, 6.45) is 8.43. The van der Waals surface area contributed by atoms with Crippen LogP contribution in [0, 0.1) is 25.2 Å². The van der Waals surface area contributed by atoms with Gasteiger partial charge in [0.05, 0.1) is 38.9 Å². The molecule has 1 amide bonds. The number of aromatic nitrogens is 1. The molecule has 1 fully saturated rings. The Morgan fingerprint density at radius 1 is 1.41 bits per heavy atom. The van der Waals surface area contributed by atoms with Crippen molar-refractivity contribution in [3.63, 3.8) is 0 Å². The van der Waals surface area contributed by atoms with E-state index >= 15 is 0 Å². The second-order valence-electron chi connectivity index (χ2n) is 7.98. The first-order valence-corrected chi connectivity index (χ1v) is 13.2. The molecule has 3 heterocycles. The lowest BCUT2D eigenvalue weighted by atomic mass is 9.98. The number of thiophene rings is 1. The number of ether oxygens (including phenoxy) is 1. The van der Waals surface area contributed by atoms with Crippen LogP contribution < -0.4 is 9.62 Å². The number of esters is 1. The Morgan fingerprint density at radius 2 is 2.12 bits per heavy atom. The van der Waals surface area contributed by atoms with E-state index in [1.54, 1.807) is 49.9 Å². The van der Waals surface area contributed by atoms with Crippen molar-refractivity contribution in [2.24, 2.45) is 5.92 Å². The van der Waals surface area contributed by atoms with Crippen molar-refractivity contribution >= 4 is 56.7 Å². The number of anilines is 1. The van der Waals surface area contributed by atoms with Gasteiger partial charge in [-0.25, -0.2) is 18.2 Å². The van der Waals surface area contributed by atoms with E-state index in [0.29, 0.717) is 21.4 Å². The quantitative estimate of drug-likeness (QED) is 0.420. The van der Waals surface area contributed by atoms with Crippen molar-refractivity contribution in [3.8, 4) is 12.3 Å². The number of hydrogen-bond acceptors (Lipinski definition) is 8. The van der Waals surface area contributed by atoms with Gasteiger partial charge >= 0.3 is 5.97 Å². The normalized spacial score (nSPS) is 14.2. The molecule has 2 aromatic heterocycles. The molecule has 0 bridgehead atoms. The number of nitrogens with zero attached hydrogens (tertiary/aromatic N) is 2. The Balaban J connectivity index is 1.60. The SMILES string of the molecule is C#Cc1cc(C(=O)OC(C)C)c(C)nc1N1CC(C(=O)NS(=O)(=O)CC=Cc2ccc(Cl)s2)C1. The summed E-state index contributed by atoms with van der Waals surface area (Å²) in [5.74, 6) is 1.02. The maximum Gasteiger partial charge on any atom is 0.340 e. The molecule has 34 heavy (non-hydrogen) atoms. The van der Waals surface area contributed by atoms with Crippen molar-refractivity contribution in [1.29, 1.82) is 0 Å². The number of nitrogens with one attached hydrogen (secondary N) is 1. The van der Waals surface area contributed by atoms with Gasteiger partial charge in [-0.2, -0.15) is 0 Å². The van der Waals surface area contributed by atoms with Crippen molar-refractivity contribution in [2.45, 2.75) is 26.9 Å². The number of carbonyl (C=O) groups is 2. The van der Waals surface area contributed by atoms with E-state index in [4.69, 9.17) is 22.8 Å². The van der Waals surface area contributed by atoms with Crippen LogP contribution in [0.3, 0.4) is 0 Å². The van der Waals surface area contributed by atoms with E-state index in [0.717, 1.165) is 4.88 Å². The zero-order valence-electron chi connectivity index (χ0n) is 18.9. The van der Waals surface area contributed by atoms with Crippen LogP contribution in [0.25, 0.3) is 6.08 Å². The summed E-state index contributed by atoms with van der Waals surface area (Å²) in [6, 6.07) is 5.04. The number of amides is 1. The molecule has 3 rings (SSSR count). The molecule has 2 aromatic rings. The van der Waals surface area contributed by atoms with Gasteiger partial charge in [0.15, 0.2) is 0 Å². The van der Waals surface area contributed by atoms with Crippen LogP contribution in [-0.2, 0) is 19.6 Å². The first-order valence-electron chi connectivity index (χ1n) is 10.4. The third-order valence-electron chi connectivity index (χ3n) is 4.91. The summed E-state index contributed by atoms with van der Waals surface area (Å²) in [6.45, 7) is 5.68. The van der Waals surface area contributed by atoms with Crippen molar-refractivity contribution in [1.82, 2.24) is 9.71 Å². The number of carbonyl (C=O) groups excluding carboxylic acids is 2. The first kappa shape index (κ1) is 25.7. The number of hydrogen-bond donors (Lipinski definition) is 1. The minimum absolute atomic E-state index is 0.252. The Kier molecular flexibility index (Phi) is 8.02. The zero-order chi connectivity index (χ0) is 25.0. The highest BCUT2D eigenvalue weighted by atomic mass is 35.5. The van der Waals surface area contributed by atoms with E-state index in [9.17, 15) is 18.0 Å². The summed E-state index contributed by atoms with van der Waals surface area (Å²) in [7, 11) is -3.82. The lowest BCUT2D eigenvalue weighted by Crippen LogP contribution is -2.55. The standard InChI is InChI=1S/C23H24ClN3O5S2/c1-5-16-11-19(23(29)32-14(2)3)15(4)25-21(16)27-12-17(13-27)22(28)26-34(30,31)10-6-7-18-8-9-20(24)33-18/h1,6-9,11,14,17H,10,12-13H2,2-4H3,(H,26,28). The van der Waals surface area contributed by atoms with Crippen LogP contribution in [-0.4, -0.2) is 50.2 Å². The Labute approximate surface area is 208 Å². The summed E-state index contributed by atoms with van der Waals surface area (Å²) in [5, 5.41) is 0. The molecule has 11 heteroatoms. The highest BCUT2D eigenvalue weighted by Gasteiger charge is 2.36. The van der Waals surface area contributed by atoms with Crippen LogP contribution in [0.15, 0.2) is 24.3 Å². The summed E-state index contributed by atoms with van der Waals surface area (Å²) in [4.78, 5) is 31.8. The van der Waals surface area contributed by atoms with Crippen LogP contribution in [0.5, 0.6) is 0 Å². The topological polar surface area (TPSA) is 106 Å². The van der Waals surface area contributed by atoms with Gasteiger partial charge in [0.1, 0.15) is 5.82 Å². The van der Waals surface area contributed by atoms with E-state index in [1.165, 1.54) is 17.4 Å². The highest BCUT2D eigenvalue weighted by molar-refractivity contribution is 7.90. The predicted molar refractivity (Wildman–Crippen MR) is 133 cm³/mol. The molecular formula is C23H24ClN3O5S2. The third-order valence-corrected chi connectivity index (χ3v) is 7.25. The van der Waals surface area contributed by atoms with E-state index in [2.05, 4.69) is 15.6 Å². The van der Waals surface area contributed by atoms with Crippen molar-refractivity contribution < 1.29 is 22.7 Å². The first-order chi connectivity index (χ1) is 16.0.